The molecule has 3 nitrogen and oxygen atoms in total. The molecule has 0 atom stereocenters. The van der Waals surface area contributed by atoms with Gasteiger partial charge in [0.2, 0.25) is 0 Å². The maximum absolute atomic E-state index is 12.1. The maximum Gasteiger partial charge on any atom is 0.251 e. The summed E-state index contributed by atoms with van der Waals surface area (Å²) in [5.41, 5.74) is 2.31. The van der Waals surface area contributed by atoms with E-state index < -0.39 is 0 Å². The van der Waals surface area contributed by atoms with Gasteiger partial charge >= 0.3 is 0 Å². The quantitative estimate of drug-likeness (QED) is 0.705. The molecule has 0 unspecified atom stereocenters. The van der Waals surface area contributed by atoms with Crippen molar-refractivity contribution in [2.24, 2.45) is 0 Å². The normalized spacial score (nSPS) is 10.5. The molecule has 0 fully saturated rings. The van der Waals surface area contributed by atoms with Gasteiger partial charge in [-0.25, -0.2) is 4.98 Å². The lowest BCUT2D eigenvalue weighted by atomic mass is 10.2. The Kier molecular flexibility index (Phi) is 4.96. The summed E-state index contributed by atoms with van der Waals surface area (Å²) in [4.78, 5) is 16.7. The van der Waals surface area contributed by atoms with Crippen molar-refractivity contribution in [2.75, 3.05) is 0 Å². The first-order valence-electron chi connectivity index (χ1n) is 6.86. The van der Waals surface area contributed by atoms with Crippen molar-refractivity contribution >= 4 is 40.4 Å². The number of rotatable bonds is 4. The molecule has 116 valence electrons. The molecule has 0 saturated heterocycles. The number of hydrogen-bond acceptors (Lipinski definition) is 3. The van der Waals surface area contributed by atoms with E-state index in [1.54, 1.807) is 29.5 Å². The molecule has 23 heavy (non-hydrogen) atoms. The fourth-order valence-electron chi connectivity index (χ4n) is 2.06. The Morgan fingerprint density at radius 2 is 1.78 bits per heavy atom. The highest BCUT2D eigenvalue weighted by Crippen LogP contribution is 2.23. The van der Waals surface area contributed by atoms with Gasteiger partial charge in [0.15, 0.2) is 0 Å². The minimum Gasteiger partial charge on any atom is -0.346 e. The van der Waals surface area contributed by atoms with Crippen molar-refractivity contribution in [3.8, 4) is 10.6 Å². The number of nitrogens with one attached hydrogen (secondary N) is 1. The number of nitrogens with zero attached hydrogens (tertiary/aromatic N) is 1. The van der Waals surface area contributed by atoms with E-state index in [9.17, 15) is 4.79 Å². The molecule has 0 aliphatic rings. The fraction of sp³-hybridized carbons (Fsp3) is 0.0588. The number of hydrogen-bond donors (Lipinski definition) is 1. The lowest BCUT2D eigenvalue weighted by Crippen LogP contribution is -2.22. The molecule has 0 saturated carbocycles. The third-order valence-electron chi connectivity index (χ3n) is 3.13. The Morgan fingerprint density at radius 3 is 2.48 bits per heavy atom. The first-order valence-corrected chi connectivity index (χ1v) is 8.49. The smallest absolute Gasteiger partial charge is 0.251 e. The lowest BCUT2D eigenvalue weighted by Gasteiger charge is -2.04. The van der Waals surface area contributed by atoms with Gasteiger partial charge in [-0.05, 0) is 18.2 Å². The topological polar surface area (TPSA) is 42.0 Å². The Bertz CT molecular complexity index is 813. The zero-order valence-electron chi connectivity index (χ0n) is 11.9. The molecule has 3 aromatic rings. The summed E-state index contributed by atoms with van der Waals surface area (Å²) in [5, 5.41) is 6.56. The van der Waals surface area contributed by atoms with E-state index in [0.717, 1.165) is 16.3 Å². The van der Waals surface area contributed by atoms with Crippen LogP contribution in [0.2, 0.25) is 10.0 Å². The van der Waals surface area contributed by atoms with Gasteiger partial charge in [0, 0.05) is 26.6 Å². The van der Waals surface area contributed by atoms with E-state index >= 15 is 0 Å². The summed E-state index contributed by atoms with van der Waals surface area (Å²) in [7, 11) is 0. The zero-order chi connectivity index (χ0) is 16.2. The second-order valence-electron chi connectivity index (χ2n) is 4.85. The second-order valence-corrected chi connectivity index (χ2v) is 6.58. The van der Waals surface area contributed by atoms with Crippen LogP contribution in [0, 0.1) is 0 Å². The highest BCUT2D eigenvalue weighted by Gasteiger charge is 2.09. The van der Waals surface area contributed by atoms with Crippen molar-refractivity contribution in [1.29, 1.82) is 0 Å². The van der Waals surface area contributed by atoms with Gasteiger partial charge in [-0.1, -0.05) is 53.5 Å². The summed E-state index contributed by atoms with van der Waals surface area (Å²) in [5.74, 6) is -0.233. The highest BCUT2D eigenvalue weighted by molar-refractivity contribution is 7.13. The third-order valence-corrected chi connectivity index (χ3v) is 4.50. The minimum atomic E-state index is -0.233. The summed E-state index contributed by atoms with van der Waals surface area (Å²) in [6, 6.07) is 14.7. The van der Waals surface area contributed by atoms with Crippen molar-refractivity contribution in [2.45, 2.75) is 6.54 Å². The number of benzene rings is 2. The number of halogens is 2. The van der Waals surface area contributed by atoms with Crippen LogP contribution in [0.3, 0.4) is 0 Å². The van der Waals surface area contributed by atoms with E-state index in [1.807, 2.05) is 35.7 Å². The molecule has 1 heterocycles. The van der Waals surface area contributed by atoms with Crippen LogP contribution in [0.25, 0.3) is 10.6 Å². The Balaban J connectivity index is 1.67. The van der Waals surface area contributed by atoms with Crippen molar-refractivity contribution in [3.63, 3.8) is 0 Å². The Morgan fingerprint density at radius 1 is 1.09 bits per heavy atom. The van der Waals surface area contributed by atoms with Gasteiger partial charge in [0.05, 0.1) is 12.2 Å². The van der Waals surface area contributed by atoms with Gasteiger partial charge < -0.3 is 5.32 Å². The van der Waals surface area contributed by atoms with E-state index in [-0.39, 0.29) is 5.91 Å². The third kappa shape index (κ3) is 4.10. The first-order chi connectivity index (χ1) is 11.1. The van der Waals surface area contributed by atoms with Crippen molar-refractivity contribution in [1.82, 2.24) is 10.3 Å². The van der Waals surface area contributed by atoms with Crippen LogP contribution >= 0.6 is 34.5 Å². The van der Waals surface area contributed by atoms with E-state index in [0.29, 0.717) is 22.2 Å². The number of carbonyl (C=O) groups is 1. The van der Waals surface area contributed by atoms with Crippen LogP contribution in [0.4, 0.5) is 0 Å². The van der Waals surface area contributed by atoms with Crippen LogP contribution in [-0.4, -0.2) is 10.9 Å². The van der Waals surface area contributed by atoms with E-state index in [2.05, 4.69) is 10.3 Å². The van der Waals surface area contributed by atoms with Gasteiger partial charge in [0.25, 0.3) is 5.91 Å². The van der Waals surface area contributed by atoms with Gasteiger partial charge in [-0.3, -0.25) is 4.79 Å². The molecule has 3 rings (SSSR count). The standard InChI is InChI=1S/C17H12Cl2N2OS/c18-13-6-12(7-14(19)8-13)16(22)20-9-15-10-23-17(21-15)11-4-2-1-3-5-11/h1-8,10H,9H2,(H,20,22). The zero-order valence-corrected chi connectivity index (χ0v) is 14.3. The lowest BCUT2D eigenvalue weighted by molar-refractivity contribution is 0.0950. The van der Waals surface area contributed by atoms with Gasteiger partial charge in [0.1, 0.15) is 5.01 Å². The predicted octanol–water partition coefficient (Wildman–Crippen LogP) is 5.05. The summed E-state index contributed by atoms with van der Waals surface area (Å²) < 4.78 is 0. The molecule has 0 bridgehead atoms. The number of aromatic nitrogens is 1. The van der Waals surface area contributed by atoms with Crippen LogP contribution in [0.15, 0.2) is 53.9 Å². The fourth-order valence-corrected chi connectivity index (χ4v) is 3.41. The van der Waals surface area contributed by atoms with E-state index in [1.165, 1.54) is 0 Å². The van der Waals surface area contributed by atoms with E-state index in [4.69, 9.17) is 23.2 Å². The molecule has 6 heteroatoms. The predicted molar refractivity (Wildman–Crippen MR) is 95.2 cm³/mol. The van der Waals surface area contributed by atoms with Gasteiger partial charge in [-0.15, -0.1) is 11.3 Å². The molecule has 2 aromatic carbocycles. The van der Waals surface area contributed by atoms with Crippen LogP contribution in [-0.2, 0) is 6.54 Å². The molecule has 1 aromatic heterocycles. The minimum absolute atomic E-state index is 0.233. The molecule has 0 spiro atoms. The van der Waals surface area contributed by atoms with Crippen LogP contribution in [0.1, 0.15) is 16.1 Å². The molecular weight excluding hydrogens is 351 g/mol. The first kappa shape index (κ1) is 16.0. The van der Waals surface area contributed by atoms with Crippen molar-refractivity contribution < 1.29 is 4.79 Å². The Labute approximate surface area is 147 Å². The molecule has 0 aliphatic carbocycles. The molecule has 0 aliphatic heterocycles. The maximum atomic E-state index is 12.1. The van der Waals surface area contributed by atoms with Gasteiger partial charge in [-0.2, -0.15) is 0 Å². The molecular formula is C17H12Cl2N2OS. The average molecular weight is 363 g/mol. The number of carbonyl (C=O) groups excluding carboxylic acids is 1. The van der Waals surface area contributed by atoms with Crippen LogP contribution < -0.4 is 5.32 Å². The van der Waals surface area contributed by atoms with Crippen molar-refractivity contribution in [3.05, 3.63) is 75.2 Å². The van der Waals surface area contributed by atoms with Crippen LogP contribution in [0.5, 0.6) is 0 Å². The molecule has 1 N–H and O–H groups in total. The second kappa shape index (κ2) is 7.13. The monoisotopic (exact) mass is 362 g/mol. The SMILES string of the molecule is O=C(NCc1csc(-c2ccccc2)n1)c1cc(Cl)cc(Cl)c1. The summed E-state index contributed by atoms with van der Waals surface area (Å²) in [6.45, 7) is 0.353. The number of amides is 1. The summed E-state index contributed by atoms with van der Waals surface area (Å²) >= 11 is 13.4. The largest absolute Gasteiger partial charge is 0.346 e. The molecule has 1 amide bonds. The Hall–Kier alpha value is -1.88. The summed E-state index contributed by atoms with van der Waals surface area (Å²) in [6.07, 6.45) is 0. The average Bonchev–Trinajstić information content (AvgIpc) is 3.01. The highest BCUT2D eigenvalue weighted by atomic mass is 35.5. The number of thiazole rings is 1. The molecule has 0 radical (unpaired) electrons.